The van der Waals surface area contributed by atoms with Crippen LogP contribution in [0.2, 0.25) is 0 Å². The number of amides is 2. The van der Waals surface area contributed by atoms with Crippen LogP contribution in [0.1, 0.15) is 45.4 Å². The molecule has 2 amide bonds. The van der Waals surface area contributed by atoms with Gasteiger partial charge >= 0.3 is 0 Å². The Morgan fingerprint density at radius 1 is 0.848 bits per heavy atom. The van der Waals surface area contributed by atoms with Gasteiger partial charge in [-0.3, -0.25) is 14.9 Å². The van der Waals surface area contributed by atoms with E-state index in [2.05, 4.69) is 74.3 Å². The molecule has 2 atom stereocenters. The zero-order chi connectivity index (χ0) is 33.1. The minimum Gasteiger partial charge on any atom is -0.500 e. The fraction of sp³-hybridized carbons (Fsp3) is 0.300. The Balaban J connectivity index is 1.87. The molecule has 3 N–H and O–H groups in total. The van der Waals surface area contributed by atoms with Crippen LogP contribution in [-0.4, -0.2) is 31.5 Å². The second-order valence-corrected chi connectivity index (χ2v) is 12.1. The van der Waals surface area contributed by atoms with Gasteiger partial charge in [-0.1, -0.05) is 103 Å². The molecule has 0 heterocycles. The summed E-state index contributed by atoms with van der Waals surface area (Å²) in [5.74, 6) is -1.65. The lowest BCUT2D eigenvalue weighted by atomic mass is 9.73. The molecule has 0 saturated heterocycles. The molecule has 240 valence electrons. The molecule has 0 saturated carbocycles. The summed E-state index contributed by atoms with van der Waals surface area (Å²) >= 11 is 0. The van der Waals surface area contributed by atoms with Crippen LogP contribution in [-0.2, 0) is 32.7 Å². The molecule has 4 aromatic carbocycles. The van der Waals surface area contributed by atoms with Crippen LogP contribution in [0.5, 0.6) is 0 Å². The Kier molecular flexibility index (Phi) is 11.9. The maximum atomic E-state index is 15.5. The summed E-state index contributed by atoms with van der Waals surface area (Å²) in [5.41, 5.74) is 13.0. The Morgan fingerprint density at radius 3 is 2.02 bits per heavy atom. The molecular weight excluding hydrogens is 570 g/mol. The average molecular weight is 618 g/mol. The van der Waals surface area contributed by atoms with E-state index in [4.69, 9.17) is 10.5 Å². The Bertz CT molecular complexity index is 1600. The standard InChI is InChI=1S/C40H47N3O3/c1-6-46-27-25-42-40(35-10-8-7-9-11-35,37(38(41)44)23-21-33-17-12-29(2)13-18-33)39(45)43(36-22-16-31(4)32(5)28-36)26-24-34-19-14-30(3)15-20-34/h6-20,22,28,37,42H,1,21,23-27H2,2-5H3,(H2,41,44). The first kappa shape index (κ1) is 34.2. The predicted molar refractivity (Wildman–Crippen MR) is 188 cm³/mol. The number of nitrogens with two attached hydrogens (primary N) is 1. The number of primary amides is 1. The maximum Gasteiger partial charge on any atom is 0.252 e. The molecule has 0 bridgehead atoms. The zero-order valence-electron chi connectivity index (χ0n) is 27.6. The van der Waals surface area contributed by atoms with Gasteiger partial charge in [0.05, 0.1) is 18.8 Å². The van der Waals surface area contributed by atoms with Crippen LogP contribution in [0.4, 0.5) is 5.69 Å². The number of hydrogen-bond acceptors (Lipinski definition) is 4. The van der Waals surface area contributed by atoms with Gasteiger partial charge in [-0.05, 0) is 86.9 Å². The highest BCUT2D eigenvalue weighted by atomic mass is 16.5. The summed E-state index contributed by atoms with van der Waals surface area (Å²) in [6, 6.07) is 32.2. The minimum atomic E-state index is -1.48. The van der Waals surface area contributed by atoms with Gasteiger partial charge in [0.2, 0.25) is 5.91 Å². The van der Waals surface area contributed by atoms with Crippen LogP contribution >= 0.6 is 0 Å². The average Bonchev–Trinajstić information content (AvgIpc) is 3.05. The number of ether oxygens (including phenoxy) is 1. The SMILES string of the molecule is C=COCCNC(C(=O)N(CCc1ccc(C)cc1)c1ccc(C)c(C)c1)(c1ccccc1)C(CCc1ccc(C)cc1)C(N)=O. The molecule has 2 unspecified atom stereocenters. The van der Waals surface area contributed by atoms with E-state index in [-0.39, 0.29) is 12.5 Å². The molecule has 4 rings (SSSR count). The van der Waals surface area contributed by atoms with Crippen molar-refractivity contribution in [2.45, 2.75) is 52.5 Å². The number of hydrogen-bond donors (Lipinski definition) is 2. The molecule has 6 nitrogen and oxygen atoms in total. The summed E-state index contributed by atoms with van der Waals surface area (Å²) in [6.07, 6.45) is 2.95. The smallest absolute Gasteiger partial charge is 0.252 e. The topological polar surface area (TPSA) is 84.7 Å². The Labute approximate surface area is 274 Å². The summed E-state index contributed by atoms with van der Waals surface area (Å²) < 4.78 is 5.47. The zero-order valence-corrected chi connectivity index (χ0v) is 27.6. The first-order valence-electron chi connectivity index (χ1n) is 16.0. The van der Waals surface area contributed by atoms with E-state index >= 15 is 4.79 Å². The van der Waals surface area contributed by atoms with Gasteiger partial charge in [-0.2, -0.15) is 0 Å². The van der Waals surface area contributed by atoms with Crippen molar-refractivity contribution in [3.8, 4) is 0 Å². The molecule has 46 heavy (non-hydrogen) atoms. The van der Waals surface area contributed by atoms with Crippen molar-refractivity contribution in [3.63, 3.8) is 0 Å². The number of rotatable bonds is 16. The third-order valence-corrected chi connectivity index (χ3v) is 8.81. The van der Waals surface area contributed by atoms with E-state index in [9.17, 15) is 4.79 Å². The second kappa shape index (κ2) is 16.1. The van der Waals surface area contributed by atoms with Crippen molar-refractivity contribution in [3.05, 3.63) is 149 Å². The summed E-state index contributed by atoms with van der Waals surface area (Å²) in [6.45, 7) is 12.8. The molecule has 0 fully saturated rings. The van der Waals surface area contributed by atoms with E-state index in [1.807, 2.05) is 67.3 Å². The number of anilines is 1. The quantitative estimate of drug-likeness (QED) is 0.106. The molecule has 4 aromatic rings. The predicted octanol–water partition coefficient (Wildman–Crippen LogP) is 6.88. The summed E-state index contributed by atoms with van der Waals surface area (Å²) in [7, 11) is 0. The third kappa shape index (κ3) is 8.32. The summed E-state index contributed by atoms with van der Waals surface area (Å²) in [4.78, 5) is 30.9. The number of carbonyl (C=O) groups is 2. The number of nitrogens with one attached hydrogen (secondary N) is 1. The van der Waals surface area contributed by atoms with Crippen molar-refractivity contribution in [1.29, 1.82) is 0 Å². The van der Waals surface area contributed by atoms with E-state index in [1.54, 1.807) is 0 Å². The fourth-order valence-corrected chi connectivity index (χ4v) is 5.95. The van der Waals surface area contributed by atoms with Crippen molar-refractivity contribution in [2.75, 3.05) is 24.6 Å². The lowest BCUT2D eigenvalue weighted by Gasteiger charge is -2.43. The Morgan fingerprint density at radius 2 is 1.46 bits per heavy atom. The Hall–Kier alpha value is -4.68. The number of aryl methyl sites for hydroxylation is 5. The van der Waals surface area contributed by atoms with Crippen molar-refractivity contribution in [1.82, 2.24) is 5.32 Å². The highest BCUT2D eigenvalue weighted by molar-refractivity contribution is 6.04. The highest BCUT2D eigenvalue weighted by Crippen LogP contribution is 2.37. The van der Waals surface area contributed by atoms with Gasteiger partial charge in [-0.25, -0.2) is 0 Å². The van der Waals surface area contributed by atoms with Gasteiger partial charge in [0.25, 0.3) is 5.91 Å². The molecule has 0 aromatic heterocycles. The molecule has 0 radical (unpaired) electrons. The highest BCUT2D eigenvalue weighted by Gasteiger charge is 2.51. The van der Waals surface area contributed by atoms with Gasteiger partial charge in [0.1, 0.15) is 5.54 Å². The lowest BCUT2D eigenvalue weighted by molar-refractivity contribution is -0.136. The van der Waals surface area contributed by atoms with Crippen molar-refractivity contribution < 1.29 is 14.3 Å². The van der Waals surface area contributed by atoms with Crippen LogP contribution in [0.25, 0.3) is 0 Å². The van der Waals surface area contributed by atoms with Gasteiger partial charge in [0.15, 0.2) is 0 Å². The minimum absolute atomic E-state index is 0.236. The molecule has 6 heteroatoms. The van der Waals surface area contributed by atoms with Gasteiger partial charge in [0, 0.05) is 18.8 Å². The monoisotopic (exact) mass is 617 g/mol. The van der Waals surface area contributed by atoms with Crippen LogP contribution in [0, 0.1) is 33.6 Å². The fourth-order valence-electron chi connectivity index (χ4n) is 5.95. The van der Waals surface area contributed by atoms with E-state index in [1.165, 1.54) is 11.8 Å². The molecule has 0 aliphatic heterocycles. The third-order valence-electron chi connectivity index (χ3n) is 8.81. The molecule has 0 spiro atoms. The first-order chi connectivity index (χ1) is 22.1. The summed E-state index contributed by atoms with van der Waals surface area (Å²) in [5, 5.41) is 3.53. The number of carbonyl (C=O) groups excluding carboxylic acids is 2. The van der Waals surface area contributed by atoms with Gasteiger partial charge < -0.3 is 15.4 Å². The largest absolute Gasteiger partial charge is 0.500 e. The number of benzene rings is 4. The van der Waals surface area contributed by atoms with Crippen LogP contribution in [0.15, 0.2) is 110 Å². The van der Waals surface area contributed by atoms with E-state index in [0.717, 1.165) is 33.5 Å². The molecule has 0 aliphatic rings. The molecule has 0 aliphatic carbocycles. The van der Waals surface area contributed by atoms with E-state index < -0.39 is 17.4 Å². The van der Waals surface area contributed by atoms with Crippen LogP contribution < -0.4 is 16.0 Å². The number of nitrogens with zero attached hydrogens (tertiary/aromatic N) is 1. The van der Waals surface area contributed by atoms with Crippen LogP contribution in [0.3, 0.4) is 0 Å². The van der Waals surface area contributed by atoms with Gasteiger partial charge in [-0.15, -0.1) is 0 Å². The van der Waals surface area contributed by atoms with Crippen molar-refractivity contribution in [2.24, 2.45) is 11.7 Å². The first-order valence-corrected chi connectivity index (χ1v) is 16.0. The maximum absolute atomic E-state index is 15.5. The van der Waals surface area contributed by atoms with Crippen molar-refractivity contribution >= 4 is 17.5 Å². The van der Waals surface area contributed by atoms with E-state index in [0.29, 0.717) is 37.9 Å². The normalized spacial score (nSPS) is 13.0. The lowest BCUT2D eigenvalue weighted by Crippen LogP contribution is -2.63. The molecular formula is C40H47N3O3. The second-order valence-electron chi connectivity index (χ2n) is 12.1.